The van der Waals surface area contributed by atoms with Crippen molar-refractivity contribution in [1.82, 2.24) is 4.72 Å². The van der Waals surface area contributed by atoms with Crippen molar-refractivity contribution < 1.29 is 17.9 Å². The van der Waals surface area contributed by atoms with Crippen LogP contribution in [0.4, 0.5) is 5.69 Å². The molecule has 0 aliphatic heterocycles. The van der Waals surface area contributed by atoms with Crippen LogP contribution < -0.4 is 14.8 Å². The first-order valence-corrected chi connectivity index (χ1v) is 10.9. The highest BCUT2D eigenvalue weighted by Gasteiger charge is 2.15. The van der Waals surface area contributed by atoms with E-state index in [1.807, 2.05) is 32.0 Å². The number of hydrogen-bond acceptors (Lipinski definition) is 4. The van der Waals surface area contributed by atoms with Gasteiger partial charge >= 0.3 is 0 Å². The van der Waals surface area contributed by atoms with Crippen molar-refractivity contribution in [1.29, 1.82) is 0 Å². The summed E-state index contributed by atoms with van der Waals surface area (Å²) in [4.78, 5) is 12.5. The maximum absolute atomic E-state index is 12.3. The van der Waals surface area contributed by atoms with Gasteiger partial charge in [0.15, 0.2) is 6.61 Å². The van der Waals surface area contributed by atoms with Gasteiger partial charge in [0, 0.05) is 11.7 Å². The topological polar surface area (TPSA) is 84.5 Å². The number of carbonyl (C=O) groups excluding carboxylic acids is 1. The Morgan fingerprint density at radius 2 is 1.57 bits per heavy atom. The lowest BCUT2D eigenvalue weighted by Crippen LogP contribution is -2.30. The van der Waals surface area contributed by atoms with E-state index < -0.39 is 10.0 Å². The zero-order valence-corrected chi connectivity index (χ0v) is 17.6. The van der Waals surface area contributed by atoms with E-state index in [0.717, 1.165) is 29.7 Å². The summed E-state index contributed by atoms with van der Waals surface area (Å²) in [5, 5.41) is 2.94. The fraction of sp³-hybridized carbons (Fsp3) is 0.381. The fourth-order valence-electron chi connectivity index (χ4n) is 2.82. The van der Waals surface area contributed by atoms with E-state index in [-0.39, 0.29) is 23.5 Å². The van der Waals surface area contributed by atoms with Crippen molar-refractivity contribution in [2.45, 2.75) is 51.5 Å². The van der Waals surface area contributed by atoms with Crippen molar-refractivity contribution in [3.05, 3.63) is 53.6 Å². The number of anilines is 1. The third kappa shape index (κ3) is 5.81. The zero-order chi connectivity index (χ0) is 20.7. The molecule has 0 spiro atoms. The van der Waals surface area contributed by atoms with Gasteiger partial charge in [-0.3, -0.25) is 4.79 Å². The van der Waals surface area contributed by atoms with Crippen LogP contribution in [0.5, 0.6) is 5.75 Å². The monoisotopic (exact) mass is 404 g/mol. The van der Waals surface area contributed by atoms with Crippen molar-refractivity contribution >= 4 is 21.6 Å². The van der Waals surface area contributed by atoms with Gasteiger partial charge < -0.3 is 10.1 Å². The number of amides is 1. The second-order valence-electron chi connectivity index (χ2n) is 6.74. The lowest BCUT2D eigenvalue weighted by molar-refractivity contribution is -0.118. The summed E-state index contributed by atoms with van der Waals surface area (Å²) in [5.74, 6) is 0.173. The Labute approximate surface area is 167 Å². The first-order valence-electron chi connectivity index (χ1n) is 9.42. The number of ether oxygens (including phenoxy) is 1. The predicted molar refractivity (Wildman–Crippen MR) is 111 cm³/mol. The Hall–Kier alpha value is -2.38. The summed E-state index contributed by atoms with van der Waals surface area (Å²) in [6.45, 7) is 7.45. The van der Waals surface area contributed by atoms with Crippen molar-refractivity contribution in [3.63, 3.8) is 0 Å². The van der Waals surface area contributed by atoms with Crippen LogP contribution in [0.2, 0.25) is 0 Å². The maximum Gasteiger partial charge on any atom is 0.262 e. The number of nitrogens with one attached hydrogen (secondary N) is 2. The molecule has 0 aromatic heterocycles. The molecule has 2 aromatic carbocycles. The molecule has 28 heavy (non-hydrogen) atoms. The second kappa shape index (κ2) is 9.71. The van der Waals surface area contributed by atoms with Crippen LogP contribution in [-0.2, 0) is 27.7 Å². The van der Waals surface area contributed by atoms with Gasteiger partial charge in [0.2, 0.25) is 10.0 Å². The number of benzene rings is 2. The third-order valence-corrected chi connectivity index (χ3v) is 5.83. The van der Waals surface area contributed by atoms with E-state index in [1.54, 1.807) is 26.0 Å². The quantitative estimate of drug-likeness (QED) is 0.670. The lowest BCUT2D eigenvalue weighted by Gasteiger charge is -2.15. The number of sulfonamides is 1. The van der Waals surface area contributed by atoms with Crippen molar-refractivity contribution in [2.24, 2.45) is 0 Å². The van der Waals surface area contributed by atoms with E-state index in [2.05, 4.69) is 10.0 Å². The fourth-order valence-corrected chi connectivity index (χ4v) is 4.07. The molecule has 6 nitrogen and oxygen atoms in total. The van der Waals surface area contributed by atoms with Gasteiger partial charge in [0.25, 0.3) is 5.91 Å². The molecule has 2 aromatic rings. The molecule has 1 amide bonds. The summed E-state index contributed by atoms with van der Waals surface area (Å²) in [6.07, 6.45) is 1.65. The van der Waals surface area contributed by atoms with Gasteiger partial charge in [0.1, 0.15) is 5.75 Å². The van der Waals surface area contributed by atoms with Crippen LogP contribution in [0, 0.1) is 0 Å². The summed E-state index contributed by atoms with van der Waals surface area (Å²) < 4.78 is 32.3. The Morgan fingerprint density at radius 3 is 2.07 bits per heavy atom. The van der Waals surface area contributed by atoms with Gasteiger partial charge in [-0.15, -0.1) is 0 Å². The van der Waals surface area contributed by atoms with Crippen LogP contribution >= 0.6 is 0 Å². The zero-order valence-electron chi connectivity index (χ0n) is 16.8. The Bertz CT molecular complexity index is 884. The van der Waals surface area contributed by atoms with Crippen LogP contribution in [0.1, 0.15) is 38.8 Å². The normalized spacial score (nSPS) is 11.5. The van der Waals surface area contributed by atoms with E-state index in [1.165, 1.54) is 12.1 Å². The van der Waals surface area contributed by atoms with E-state index in [0.29, 0.717) is 5.75 Å². The van der Waals surface area contributed by atoms with E-state index in [4.69, 9.17) is 4.74 Å². The second-order valence-corrected chi connectivity index (χ2v) is 8.46. The van der Waals surface area contributed by atoms with E-state index >= 15 is 0 Å². The van der Waals surface area contributed by atoms with Gasteiger partial charge in [0.05, 0.1) is 4.90 Å². The Kier molecular flexibility index (Phi) is 7.60. The molecule has 0 radical (unpaired) electrons. The molecule has 2 rings (SSSR count). The largest absolute Gasteiger partial charge is 0.484 e. The molecule has 0 aliphatic rings. The van der Waals surface area contributed by atoms with Gasteiger partial charge in [-0.25, -0.2) is 13.1 Å². The number of carbonyl (C=O) groups is 1. The maximum atomic E-state index is 12.3. The molecule has 0 heterocycles. The van der Waals surface area contributed by atoms with Crippen molar-refractivity contribution in [2.75, 3.05) is 11.9 Å². The minimum absolute atomic E-state index is 0.155. The molecule has 7 heteroatoms. The molecule has 152 valence electrons. The van der Waals surface area contributed by atoms with Crippen LogP contribution in [-0.4, -0.2) is 27.0 Å². The molecular formula is C21H28N2O4S. The SMILES string of the molecule is CCc1cccc(CC)c1NC(=O)COc1ccc(S(=O)(=O)NC(C)C)cc1. The molecular weight excluding hydrogens is 376 g/mol. The molecule has 0 aliphatic carbocycles. The lowest BCUT2D eigenvalue weighted by atomic mass is 10.0. The highest BCUT2D eigenvalue weighted by molar-refractivity contribution is 7.89. The Balaban J connectivity index is 2.01. The van der Waals surface area contributed by atoms with Gasteiger partial charge in [-0.1, -0.05) is 32.0 Å². The average Bonchev–Trinajstić information content (AvgIpc) is 2.66. The molecule has 0 saturated heterocycles. The molecule has 0 unspecified atom stereocenters. The summed E-state index contributed by atoms with van der Waals surface area (Å²) >= 11 is 0. The predicted octanol–water partition coefficient (Wildman–Crippen LogP) is 3.52. The number of hydrogen-bond donors (Lipinski definition) is 2. The first kappa shape index (κ1) is 21.9. The van der Waals surface area contributed by atoms with Gasteiger partial charge in [-0.2, -0.15) is 0 Å². The van der Waals surface area contributed by atoms with Crippen LogP contribution in [0.25, 0.3) is 0 Å². The molecule has 0 bridgehead atoms. The smallest absolute Gasteiger partial charge is 0.262 e. The summed E-state index contributed by atoms with van der Waals surface area (Å²) in [7, 11) is -3.55. The Morgan fingerprint density at radius 1 is 1.00 bits per heavy atom. The average molecular weight is 405 g/mol. The molecule has 0 atom stereocenters. The molecule has 2 N–H and O–H groups in total. The highest BCUT2D eigenvalue weighted by atomic mass is 32.2. The van der Waals surface area contributed by atoms with E-state index in [9.17, 15) is 13.2 Å². The van der Waals surface area contributed by atoms with Crippen molar-refractivity contribution in [3.8, 4) is 5.75 Å². The minimum atomic E-state index is -3.55. The summed E-state index contributed by atoms with van der Waals surface area (Å²) in [5.41, 5.74) is 3.02. The summed E-state index contributed by atoms with van der Waals surface area (Å²) in [6, 6.07) is 11.8. The first-order chi connectivity index (χ1) is 13.3. The number of rotatable bonds is 9. The van der Waals surface area contributed by atoms with Crippen LogP contribution in [0.15, 0.2) is 47.4 Å². The third-order valence-electron chi connectivity index (χ3n) is 4.16. The standard InChI is InChI=1S/C21H28N2O4S/c1-5-16-8-7-9-17(6-2)21(16)22-20(24)14-27-18-10-12-19(13-11-18)28(25,26)23-15(3)4/h7-13,15,23H,5-6,14H2,1-4H3,(H,22,24). The highest BCUT2D eigenvalue weighted by Crippen LogP contribution is 2.22. The molecule has 0 saturated carbocycles. The number of aryl methyl sites for hydroxylation is 2. The number of para-hydroxylation sites is 1. The van der Waals surface area contributed by atoms with Gasteiger partial charge in [-0.05, 0) is 62.1 Å². The minimum Gasteiger partial charge on any atom is -0.484 e. The van der Waals surface area contributed by atoms with Crippen LogP contribution in [0.3, 0.4) is 0 Å². The molecule has 0 fully saturated rings.